The maximum atomic E-state index is 12.4. The van der Waals surface area contributed by atoms with Crippen molar-refractivity contribution in [1.82, 2.24) is 4.90 Å². The minimum atomic E-state index is 0.334. The molecule has 2 fully saturated rings. The monoisotopic (exact) mass is 287 g/mol. The molecule has 16 heavy (non-hydrogen) atoms. The van der Waals surface area contributed by atoms with Crippen molar-refractivity contribution in [3.05, 3.63) is 0 Å². The molecule has 0 aromatic rings. The highest BCUT2D eigenvalue weighted by Gasteiger charge is 2.28. The first-order valence-electron chi connectivity index (χ1n) is 6.70. The van der Waals surface area contributed by atoms with Crippen LogP contribution in [0.2, 0.25) is 0 Å². The Balaban J connectivity index is 1.89. The van der Waals surface area contributed by atoms with Crippen LogP contribution in [0.15, 0.2) is 0 Å². The molecule has 1 aliphatic heterocycles. The predicted octanol–water partition coefficient (Wildman–Crippen LogP) is 3.34. The van der Waals surface area contributed by atoms with Gasteiger partial charge in [-0.05, 0) is 25.7 Å². The van der Waals surface area contributed by atoms with E-state index in [0.29, 0.717) is 16.7 Å². The van der Waals surface area contributed by atoms with E-state index in [2.05, 4.69) is 20.8 Å². The molecular formula is C13H22BrNO. The number of rotatable bonds is 1. The summed E-state index contributed by atoms with van der Waals surface area (Å²) in [6.07, 6.45) is 9.78. The molecule has 1 heterocycles. The molecule has 1 unspecified atom stereocenters. The van der Waals surface area contributed by atoms with E-state index in [1.54, 1.807) is 0 Å². The molecule has 1 saturated heterocycles. The molecule has 2 nitrogen and oxygen atoms in total. The Hall–Kier alpha value is -0.0500. The number of hydrogen-bond acceptors (Lipinski definition) is 1. The Morgan fingerprint density at radius 2 is 1.69 bits per heavy atom. The number of piperidine rings is 1. The second kappa shape index (κ2) is 6.04. The first kappa shape index (κ1) is 12.4. The summed E-state index contributed by atoms with van der Waals surface area (Å²) < 4.78 is 0. The van der Waals surface area contributed by atoms with Gasteiger partial charge < -0.3 is 4.90 Å². The molecule has 2 aliphatic rings. The Morgan fingerprint density at radius 3 is 2.31 bits per heavy atom. The summed E-state index contributed by atoms with van der Waals surface area (Å²) in [4.78, 5) is 15.0. The summed E-state index contributed by atoms with van der Waals surface area (Å²) in [6.45, 7) is 1.91. The Labute approximate surface area is 107 Å². The number of alkyl halides is 1. The number of halogens is 1. The second-order valence-electron chi connectivity index (χ2n) is 5.21. The van der Waals surface area contributed by atoms with Gasteiger partial charge >= 0.3 is 0 Å². The third-order valence-electron chi connectivity index (χ3n) is 3.88. The van der Waals surface area contributed by atoms with Gasteiger partial charge in [0.05, 0.1) is 0 Å². The zero-order valence-corrected chi connectivity index (χ0v) is 11.5. The zero-order valence-electron chi connectivity index (χ0n) is 9.96. The average molecular weight is 288 g/mol. The van der Waals surface area contributed by atoms with E-state index in [1.807, 2.05) is 0 Å². The van der Waals surface area contributed by atoms with Gasteiger partial charge in [0.15, 0.2) is 0 Å². The van der Waals surface area contributed by atoms with Gasteiger partial charge in [-0.2, -0.15) is 0 Å². The van der Waals surface area contributed by atoms with E-state index < -0.39 is 0 Å². The quantitative estimate of drug-likeness (QED) is 0.535. The topological polar surface area (TPSA) is 20.3 Å². The van der Waals surface area contributed by atoms with Crippen LogP contribution in [0.5, 0.6) is 0 Å². The van der Waals surface area contributed by atoms with Crippen LogP contribution in [0, 0.1) is 5.92 Å². The predicted molar refractivity (Wildman–Crippen MR) is 69.7 cm³/mol. The molecule has 2 rings (SSSR count). The Bertz CT molecular complexity index is 232. The van der Waals surface area contributed by atoms with E-state index in [0.717, 1.165) is 32.4 Å². The van der Waals surface area contributed by atoms with Crippen LogP contribution in [0.25, 0.3) is 0 Å². The van der Waals surface area contributed by atoms with Crippen molar-refractivity contribution in [1.29, 1.82) is 0 Å². The lowest BCUT2D eigenvalue weighted by atomic mass is 9.97. The van der Waals surface area contributed by atoms with Crippen molar-refractivity contribution in [3.8, 4) is 0 Å². The highest BCUT2D eigenvalue weighted by molar-refractivity contribution is 9.09. The van der Waals surface area contributed by atoms with Gasteiger partial charge in [-0.1, -0.05) is 41.6 Å². The zero-order chi connectivity index (χ0) is 11.4. The molecular weight excluding hydrogens is 266 g/mol. The highest BCUT2D eigenvalue weighted by Crippen LogP contribution is 2.26. The molecule has 0 spiro atoms. The van der Waals surface area contributed by atoms with Crippen LogP contribution in [-0.2, 0) is 4.79 Å². The molecule has 1 atom stereocenters. The van der Waals surface area contributed by atoms with Gasteiger partial charge in [-0.15, -0.1) is 0 Å². The van der Waals surface area contributed by atoms with E-state index in [1.165, 1.54) is 32.1 Å². The number of carbonyl (C=O) groups is 1. The van der Waals surface area contributed by atoms with E-state index >= 15 is 0 Å². The Morgan fingerprint density at radius 1 is 1.00 bits per heavy atom. The van der Waals surface area contributed by atoms with E-state index in [-0.39, 0.29) is 0 Å². The molecule has 1 saturated carbocycles. The van der Waals surface area contributed by atoms with E-state index in [4.69, 9.17) is 0 Å². The van der Waals surface area contributed by atoms with Crippen LogP contribution in [0.4, 0.5) is 0 Å². The van der Waals surface area contributed by atoms with Gasteiger partial charge in [0, 0.05) is 23.8 Å². The summed E-state index contributed by atoms with van der Waals surface area (Å²) in [5, 5.41) is 0. The van der Waals surface area contributed by atoms with Crippen LogP contribution in [-0.4, -0.2) is 28.7 Å². The lowest BCUT2D eigenvalue weighted by Gasteiger charge is -2.32. The third-order valence-corrected chi connectivity index (χ3v) is 4.63. The lowest BCUT2D eigenvalue weighted by Crippen LogP contribution is -2.43. The van der Waals surface area contributed by atoms with Gasteiger partial charge in [0.1, 0.15) is 0 Å². The number of carbonyl (C=O) groups excluding carboxylic acids is 1. The smallest absolute Gasteiger partial charge is 0.225 e. The molecule has 1 aliphatic carbocycles. The highest BCUT2D eigenvalue weighted by atomic mass is 79.9. The minimum Gasteiger partial charge on any atom is -0.341 e. The normalized spacial score (nSPS) is 28.8. The Kier molecular flexibility index (Phi) is 4.68. The lowest BCUT2D eigenvalue weighted by molar-refractivity contribution is -0.136. The van der Waals surface area contributed by atoms with Crippen molar-refractivity contribution < 1.29 is 4.79 Å². The number of nitrogens with zero attached hydrogens (tertiary/aromatic N) is 1. The maximum absolute atomic E-state index is 12.4. The minimum absolute atomic E-state index is 0.334. The number of amides is 1. The summed E-state index contributed by atoms with van der Waals surface area (Å²) >= 11 is 3.64. The summed E-state index contributed by atoms with van der Waals surface area (Å²) in [6, 6.07) is 0. The molecule has 3 heteroatoms. The largest absolute Gasteiger partial charge is 0.341 e. The van der Waals surface area contributed by atoms with Crippen molar-refractivity contribution in [2.75, 3.05) is 13.1 Å². The summed E-state index contributed by atoms with van der Waals surface area (Å²) in [5.74, 6) is 0.770. The molecule has 0 radical (unpaired) electrons. The molecule has 0 bridgehead atoms. The van der Waals surface area contributed by atoms with Crippen molar-refractivity contribution in [3.63, 3.8) is 0 Å². The van der Waals surface area contributed by atoms with Crippen molar-refractivity contribution >= 4 is 21.8 Å². The SMILES string of the molecule is O=C(C1CCCCCC1)N1CCCC(Br)C1. The van der Waals surface area contributed by atoms with Crippen LogP contribution in [0.1, 0.15) is 51.4 Å². The number of hydrogen-bond donors (Lipinski definition) is 0. The van der Waals surface area contributed by atoms with Gasteiger partial charge in [0.25, 0.3) is 0 Å². The van der Waals surface area contributed by atoms with Crippen LogP contribution >= 0.6 is 15.9 Å². The van der Waals surface area contributed by atoms with E-state index in [9.17, 15) is 4.79 Å². The molecule has 0 aromatic heterocycles. The second-order valence-corrected chi connectivity index (χ2v) is 6.51. The third kappa shape index (κ3) is 3.22. The molecule has 0 N–H and O–H groups in total. The molecule has 1 amide bonds. The first-order valence-corrected chi connectivity index (χ1v) is 7.62. The van der Waals surface area contributed by atoms with Crippen molar-refractivity contribution in [2.45, 2.75) is 56.2 Å². The van der Waals surface area contributed by atoms with Gasteiger partial charge in [-0.25, -0.2) is 0 Å². The fraction of sp³-hybridized carbons (Fsp3) is 0.923. The summed E-state index contributed by atoms with van der Waals surface area (Å²) in [7, 11) is 0. The maximum Gasteiger partial charge on any atom is 0.225 e. The molecule has 0 aromatic carbocycles. The van der Waals surface area contributed by atoms with Crippen molar-refractivity contribution in [2.24, 2.45) is 5.92 Å². The van der Waals surface area contributed by atoms with Gasteiger partial charge in [-0.3, -0.25) is 4.79 Å². The first-order chi connectivity index (χ1) is 7.77. The average Bonchev–Trinajstić information content (AvgIpc) is 2.56. The molecule has 92 valence electrons. The fourth-order valence-corrected chi connectivity index (χ4v) is 3.58. The van der Waals surface area contributed by atoms with Crippen LogP contribution in [0.3, 0.4) is 0 Å². The fourth-order valence-electron chi connectivity index (χ4n) is 2.91. The standard InChI is InChI=1S/C13H22BrNO/c14-12-8-5-9-15(10-12)13(16)11-6-3-1-2-4-7-11/h11-12H,1-10H2. The van der Waals surface area contributed by atoms with Crippen LogP contribution < -0.4 is 0 Å². The summed E-state index contributed by atoms with van der Waals surface area (Å²) in [5.41, 5.74) is 0. The number of likely N-dealkylation sites (tertiary alicyclic amines) is 1. The van der Waals surface area contributed by atoms with Gasteiger partial charge in [0.2, 0.25) is 5.91 Å².